The summed E-state index contributed by atoms with van der Waals surface area (Å²) in [7, 11) is 0. The summed E-state index contributed by atoms with van der Waals surface area (Å²) in [6.07, 6.45) is 0. The van der Waals surface area contributed by atoms with E-state index in [1.54, 1.807) is 12.1 Å². The zero-order valence-electron chi connectivity index (χ0n) is 12.5. The molecule has 0 atom stereocenters. The minimum absolute atomic E-state index is 0.0263. The molecule has 0 amide bonds. The van der Waals surface area contributed by atoms with E-state index in [0.29, 0.717) is 11.3 Å². The molecule has 0 aliphatic heterocycles. The van der Waals surface area contributed by atoms with Crippen LogP contribution in [0.3, 0.4) is 0 Å². The normalized spacial score (nSPS) is 11.0. The molecule has 3 heteroatoms. The summed E-state index contributed by atoms with van der Waals surface area (Å²) in [6.45, 7) is 0.0263. The molecule has 0 fully saturated rings. The van der Waals surface area contributed by atoms with Crippen LogP contribution in [0, 0.1) is 0 Å². The first-order chi connectivity index (χ1) is 11.3. The lowest BCUT2D eigenvalue weighted by Gasteiger charge is -2.06. The predicted octanol–water partition coefficient (Wildman–Crippen LogP) is 4.58. The second-order valence-electron chi connectivity index (χ2n) is 5.43. The Balaban J connectivity index is 1.66. The van der Waals surface area contributed by atoms with Crippen LogP contribution < -0.4 is 4.74 Å². The van der Waals surface area contributed by atoms with Crippen LogP contribution in [0.4, 0.5) is 0 Å². The number of para-hydroxylation sites is 2. The zero-order chi connectivity index (χ0) is 15.6. The van der Waals surface area contributed by atoms with Crippen molar-refractivity contribution in [3.63, 3.8) is 0 Å². The Kier molecular flexibility index (Phi) is 3.31. The fraction of sp³-hybridized carbons (Fsp3) is 0.0500. The monoisotopic (exact) mass is 301 g/mol. The fourth-order valence-corrected chi connectivity index (χ4v) is 2.82. The topological polar surface area (TPSA) is 42.1 Å². The first kappa shape index (κ1) is 13.6. The molecule has 0 bridgehead atoms. The molecular weight excluding hydrogens is 286 g/mol. The molecule has 1 aromatic heterocycles. The molecule has 0 saturated carbocycles. The number of aromatic nitrogens is 1. The quantitative estimate of drug-likeness (QED) is 0.560. The molecule has 112 valence electrons. The van der Waals surface area contributed by atoms with Gasteiger partial charge in [0.1, 0.15) is 5.75 Å². The maximum atomic E-state index is 12.2. The van der Waals surface area contributed by atoms with Gasteiger partial charge in [-0.3, -0.25) is 4.79 Å². The first-order valence-corrected chi connectivity index (χ1v) is 7.53. The average molecular weight is 301 g/mol. The van der Waals surface area contributed by atoms with Crippen LogP contribution in [0.15, 0.2) is 72.8 Å². The van der Waals surface area contributed by atoms with E-state index in [0.717, 1.165) is 21.8 Å². The molecule has 3 aromatic carbocycles. The number of hydrogen-bond acceptors (Lipinski definition) is 2. The number of rotatable bonds is 4. The number of aromatic amines is 1. The second kappa shape index (κ2) is 5.61. The van der Waals surface area contributed by atoms with E-state index in [2.05, 4.69) is 17.1 Å². The summed E-state index contributed by atoms with van der Waals surface area (Å²) in [4.78, 5) is 15.6. The number of Topliss-reactive ketones (excluding diaryl/α,β-unsaturated/α-hetero) is 1. The molecule has 0 saturated heterocycles. The van der Waals surface area contributed by atoms with Crippen LogP contribution in [0.2, 0.25) is 0 Å². The standard InChI is InChI=1S/C20H15NO2/c22-18(14-7-2-1-3-8-14)13-23-19-12-6-10-16-15-9-4-5-11-17(15)21-20(16)19/h1-12,21H,13H2. The SMILES string of the molecule is O=C(COc1cccc2c1[nH]c1ccccc12)c1ccccc1. The number of nitrogens with one attached hydrogen (secondary N) is 1. The molecule has 23 heavy (non-hydrogen) atoms. The number of fused-ring (bicyclic) bond motifs is 3. The van der Waals surface area contributed by atoms with Crippen LogP contribution in [0.25, 0.3) is 21.8 Å². The van der Waals surface area contributed by atoms with E-state index in [1.807, 2.05) is 48.5 Å². The van der Waals surface area contributed by atoms with E-state index in [1.165, 1.54) is 0 Å². The minimum Gasteiger partial charge on any atom is -0.483 e. The van der Waals surface area contributed by atoms with Gasteiger partial charge in [0.15, 0.2) is 12.4 Å². The highest BCUT2D eigenvalue weighted by Crippen LogP contribution is 2.31. The Labute approximate surface area is 133 Å². The molecular formula is C20H15NO2. The summed E-state index contributed by atoms with van der Waals surface area (Å²) < 4.78 is 5.78. The summed E-state index contributed by atoms with van der Waals surface area (Å²) in [5.74, 6) is 0.668. The fourth-order valence-electron chi connectivity index (χ4n) is 2.82. The molecule has 1 N–H and O–H groups in total. The molecule has 1 heterocycles. The van der Waals surface area contributed by atoms with Gasteiger partial charge in [-0.05, 0) is 12.1 Å². The number of ketones is 1. The number of hydrogen-bond donors (Lipinski definition) is 1. The van der Waals surface area contributed by atoms with Gasteiger partial charge in [-0.1, -0.05) is 60.7 Å². The Morgan fingerprint density at radius 3 is 2.43 bits per heavy atom. The Hall–Kier alpha value is -3.07. The van der Waals surface area contributed by atoms with Crippen molar-refractivity contribution in [2.45, 2.75) is 0 Å². The van der Waals surface area contributed by atoms with Gasteiger partial charge in [-0.15, -0.1) is 0 Å². The minimum atomic E-state index is -0.0290. The second-order valence-corrected chi connectivity index (χ2v) is 5.43. The van der Waals surface area contributed by atoms with Crippen molar-refractivity contribution in [3.05, 3.63) is 78.4 Å². The van der Waals surface area contributed by atoms with Gasteiger partial charge in [0, 0.05) is 21.9 Å². The zero-order valence-corrected chi connectivity index (χ0v) is 12.5. The molecule has 0 spiro atoms. The summed E-state index contributed by atoms with van der Waals surface area (Å²) >= 11 is 0. The largest absolute Gasteiger partial charge is 0.483 e. The van der Waals surface area contributed by atoms with Crippen molar-refractivity contribution < 1.29 is 9.53 Å². The lowest BCUT2D eigenvalue weighted by molar-refractivity contribution is 0.0922. The van der Waals surface area contributed by atoms with Crippen LogP contribution in [0.5, 0.6) is 5.75 Å². The van der Waals surface area contributed by atoms with Gasteiger partial charge < -0.3 is 9.72 Å². The van der Waals surface area contributed by atoms with Gasteiger partial charge in [0.25, 0.3) is 0 Å². The Bertz CT molecular complexity index is 986. The van der Waals surface area contributed by atoms with Crippen molar-refractivity contribution in [1.82, 2.24) is 4.98 Å². The smallest absolute Gasteiger partial charge is 0.200 e. The third-order valence-corrected chi connectivity index (χ3v) is 3.96. The Morgan fingerprint density at radius 2 is 1.57 bits per heavy atom. The number of carbonyl (C=O) groups excluding carboxylic acids is 1. The summed E-state index contributed by atoms with van der Waals surface area (Å²) in [5, 5.41) is 2.26. The number of H-pyrrole nitrogens is 1. The van der Waals surface area contributed by atoms with E-state index in [4.69, 9.17) is 4.74 Å². The number of ether oxygens (including phenoxy) is 1. The lowest BCUT2D eigenvalue weighted by Crippen LogP contribution is -2.11. The highest BCUT2D eigenvalue weighted by molar-refractivity contribution is 6.09. The van der Waals surface area contributed by atoms with Gasteiger partial charge >= 0.3 is 0 Å². The molecule has 0 unspecified atom stereocenters. The van der Waals surface area contributed by atoms with Crippen molar-refractivity contribution in [2.24, 2.45) is 0 Å². The first-order valence-electron chi connectivity index (χ1n) is 7.53. The van der Waals surface area contributed by atoms with Crippen molar-refractivity contribution >= 4 is 27.6 Å². The average Bonchev–Trinajstić information content (AvgIpc) is 3.00. The van der Waals surface area contributed by atoms with Gasteiger partial charge in [0.2, 0.25) is 0 Å². The van der Waals surface area contributed by atoms with Gasteiger partial charge in [-0.2, -0.15) is 0 Å². The van der Waals surface area contributed by atoms with Crippen molar-refractivity contribution in [2.75, 3.05) is 6.61 Å². The van der Waals surface area contributed by atoms with E-state index in [9.17, 15) is 4.79 Å². The maximum Gasteiger partial charge on any atom is 0.200 e. The third kappa shape index (κ3) is 2.46. The van der Waals surface area contributed by atoms with Crippen LogP contribution in [-0.4, -0.2) is 17.4 Å². The molecule has 0 radical (unpaired) electrons. The third-order valence-electron chi connectivity index (χ3n) is 3.96. The van der Waals surface area contributed by atoms with E-state index >= 15 is 0 Å². The number of carbonyl (C=O) groups is 1. The van der Waals surface area contributed by atoms with Crippen molar-refractivity contribution in [1.29, 1.82) is 0 Å². The van der Waals surface area contributed by atoms with Gasteiger partial charge in [-0.25, -0.2) is 0 Å². The summed E-state index contributed by atoms with van der Waals surface area (Å²) in [6, 6.07) is 23.2. The highest BCUT2D eigenvalue weighted by Gasteiger charge is 2.11. The predicted molar refractivity (Wildman–Crippen MR) is 92.1 cm³/mol. The van der Waals surface area contributed by atoms with Crippen LogP contribution in [-0.2, 0) is 0 Å². The molecule has 3 nitrogen and oxygen atoms in total. The van der Waals surface area contributed by atoms with Crippen LogP contribution in [0.1, 0.15) is 10.4 Å². The van der Waals surface area contributed by atoms with E-state index < -0.39 is 0 Å². The highest BCUT2D eigenvalue weighted by atomic mass is 16.5. The Morgan fingerprint density at radius 1 is 0.826 bits per heavy atom. The molecule has 4 rings (SSSR count). The molecule has 0 aliphatic rings. The van der Waals surface area contributed by atoms with Crippen LogP contribution >= 0.6 is 0 Å². The maximum absolute atomic E-state index is 12.2. The van der Waals surface area contributed by atoms with Crippen molar-refractivity contribution in [3.8, 4) is 5.75 Å². The molecule has 0 aliphatic carbocycles. The number of benzene rings is 3. The lowest BCUT2D eigenvalue weighted by atomic mass is 10.1. The van der Waals surface area contributed by atoms with Gasteiger partial charge in [0.05, 0.1) is 5.52 Å². The molecule has 4 aromatic rings. The van der Waals surface area contributed by atoms with E-state index in [-0.39, 0.29) is 12.4 Å². The summed E-state index contributed by atoms with van der Waals surface area (Å²) in [5.41, 5.74) is 2.65.